The molecule has 6 nitrogen and oxygen atoms in total. The van der Waals surface area contributed by atoms with Gasteiger partial charge in [0.2, 0.25) is 10.0 Å². The van der Waals surface area contributed by atoms with Crippen LogP contribution in [-0.4, -0.2) is 26.4 Å². The number of hydrogen-bond acceptors (Lipinski definition) is 4. The van der Waals surface area contributed by atoms with Gasteiger partial charge in [0.15, 0.2) is 0 Å². The minimum Gasteiger partial charge on any atom is -0.350 e. The van der Waals surface area contributed by atoms with Gasteiger partial charge in [-0.2, -0.15) is 0 Å². The SMILES string of the molecule is NC1(CNC(=O)c2ccc(S(N)(=O)=O)cc2)CCCCC1. The molecule has 0 aliphatic heterocycles. The van der Waals surface area contributed by atoms with E-state index in [-0.39, 0.29) is 16.3 Å². The maximum absolute atomic E-state index is 12.0. The maximum atomic E-state index is 12.0. The molecule has 116 valence electrons. The van der Waals surface area contributed by atoms with Crippen molar-refractivity contribution in [2.75, 3.05) is 6.54 Å². The molecule has 0 radical (unpaired) electrons. The first-order valence-electron chi connectivity index (χ1n) is 7.00. The number of rotatable bonds is 4. The van der Waals surface area contributed by atoms with Crippen LogP contribution in [0.25, 0.3) is 0 Å². The molecule has 0 unspecified atom stereocenters. The first kappa shape index (κ1) is 15.9. The highest BCUT2D eigenvalue weighted by Gasteiger charge is 2.27. The van der Waals surface area contributed by atoms with Crippen molar-refractivity contribution in [3.05, 3.63) is 29.8 Å². The summed E-state index contributed by atoms with van der Waals surface area (Å²) >= 11 is 0. The molecule has 21 heavy (non-hydrogen) atoms. The van der Waals surface area contributed by atoms with Gasteiger partial charge in [-0.25, -0.2) is 13.6 Å². The van der Waals surface area contributed by atoms with E-state index in [1.807, 2.05) is 0 Å². The van der Waals surface area contributed by atoms with Gasteiger partial charge in [0.25, 0.3) is 5.91 Å². The number of benzene rings is 1. The fourth-order valence-electron chi connectivity index (χ4n) is 2.59. The Morgan fingerprint density at radius 1 is 1.14 bits per heavy atom. The highest BCUT2D eigenvalue weighted by Crippen LogP contribution is 2.25. The zero-order valence-corrected chi connectivity index (χ0v) is 12.7. The van der Waals surface area contributed by atoms with Crippen molar-refractivity contribution in [3.8, 4) is 0 Å². The number of carbonyl (C=O) groups is 1. The summed E-state index contributed by atoms with van der Waals surface area (Å²) < 4.78 is 22.3. The molecule has 7 heteroatoms. The number of hydrogen-bond donors (Lipinski definition) is 3. The van der Waals surface area contributed by atoms with Crippen LogP contribution >= 0.6 is 0 Å². The number of amides is 1. The zero-order valence-electron chi connectivity index (χ0n) is 11.8. The first-order chi connectivity index (χ1) is 9.80. The second-order valence-electron chi connectivity index (χ2n) is 5.68. The van der Waals surface area contributed by atoms with E-state index < -0.39 is 10.0 Å². The molecule has 0 aromatic heterocycles. The summed E-state index contributed by atoms with van der Waals surface area (Å²) in [7, 11) is -3.74. The van der Waals surface area contributed by atoms with Gasteiger partial charge in [0.05, 0.1) is 4.90 Å². The second kappa shape index (κ2) is 6.13. The van der Waals surface area contributed by atoms with E-state index >= 15 is 0 Å². The average molecular weight is 311 g/mol. The van der Waals surface area contributed by atoms with Gasteiger partial charge in [0, 0.05) is 17.6 Å². The summed E-state index contributed by atoms with van der Waals surface area (Å²) in [6.45, 7) is 0.433. The Labute approximate surface area is 124 Å². The maximum Gasteiger partial charge on any atom is 0.251 e. The Morgan fingerprint density at radius 2 is 1.71 bits per heavy atom. The van der Waals surface area contributed by atoms with Crippen LogP contribution < -0.4 is 16.2 Å². The van der Waals surface area contributed by atoms with Gasteiger partial charge >= 0.3 is 0 Å². The number of nitrogens with one attached hydrogen (secondary N) is 1. The molecule has 0 atom stereocenters. The van der Waals surface area contributed by atoms with Crippen molar-refractivity contribution in [3.63, 3.8) is 0 Å². The van der Waals surface area contributed by atoms with Crippen LogP contribution in [-0.2, 0) is 10.0 Å². The Balaban J connectivity index is 1.97. The largest absolute Gasteiger partial charge is 0.350 e. The van der Waals surface area contributed by atoms with Crippen molar-refractivity contribution in [2.45, 2.75) is 42.5 Å². The smallest absolute Gasteiger partial charge is 0.251 e. The van der Waals surface area contributed by atoms with Crippen molar-refractivity contribution in [1.82, 2.24) is 5.32 Å². The van der Waals surface area contributed by atoms with Gasteiger partial charge in [-0.3, -0.25) is 4.79 Å². The Kier molecular flexibility index (Phi) is 4.65. The van der Waals surface area contributed by atoms with Gasteiger partial charge < -0.3 is 11.1 Å². The van der Waals surface area contributed by atoms with E-state index in [1.165, 1.54) is 30.7 Å². The molecule has 1 amide bonds. The summed E-state index contributed by atoms with van der Waals surface area (Å²) in [6.07, 6.45) is 5.21. The zero-order chi connectivity index (χ0) is 15.5. The van der Waals surface area contributed by atoms with Crippen molar-refractivity contribution in [2.24, 2.45) is 10.9 Å². The van der Waals surface area contributed by atoms with Crippen molar-refractivity contribution >= 4 is 15.9 Å². The minimum atomic E-state index is -3.74. The molecule has 0 heterocycles. The molecule has 1 aliphatic carbocycles. The standard InChI is InChI=1S/C14H21N3O3S/c15-14(8-2-1-3-9-14)10-17-13(18)11-4-6-12(7-5-11)21(16,19)20/h4-7H,1-3,8-10,15H2,(H,17,18)(H2,16,19,20). The monoisotopic (exact) mass is 311 g/mol. The van der Waals surface area contributed by atoms with Gasteiger partial charge in [-0.05, 0) is 37.1 Å². The number of carbonyl (C=O) groups excluding carboxylic acids is 1. The number of sulfonamides is 1. The summed E-state index contributed by atoms with van der Waals surface area (Å²) in [5, 5.41) is 7.83. The van der Waals surface area contributed by atoms with E-state index in [0.717, 1.165) is 25.7 Å². The van der Waals surface area contributed by atoms with Crippen molar-refractivity contribution in [1.29, 1.82) is 0 Å². The Hall–Kier alpha value is -1.44. The third-order valence-electron chi connectivity index (χ3n) is 3.90. The van der Waals surface area contributed by atoms with Crippen LogP contribution in [0.4, 0.5) is 0 Å². The molecule has 0 spiro atoms. The second-order valence-corrected chi connectivity index (χ2v) is 7.24. The van der Waals surface area contributed by atoms with Crippen LogP contribution in [0.3, 0.4) is 0 Å². The fraction of sp³-hybridized carbons (Fsp3) is 0.500. The minimum absolute atomic E-state index is 0.0124. The molecule has 0 bridgehead atoms. The topological polar surface area (TPSA) is 115 Å². The molecule has 5 N–H and O–H groups in total. The number of primary sulfonamides is 1. The molecule has 1 saturated carbocycles. The molecule has 0 saturated heterocycles. The van der Waals surface area contributed by atoms with E-state index in [2.05, 4.69) is 5.32 Å². The van der Waals surface area contributed by atoms with Crippen LogP contribution in [0.15, 0.2) is 29.2 Å². The summed E-state index contributed by atoms with van der Waals surface area (Å²) in [5.74, 6) is -0.258. The van der Waals surface area contributed by atoms with Crippen LogP contribution in [0, 0.1) is 0 Å². The lowest BCUT2D eigenvalue weighted by atomic mass is 9.82. The van der Waals surface area contributed by atoms with Crippen molar-refractivity contribution < 1.29 is 13.2 Å². The third kappa shape index (κ3) is 4.26. The lowest BCUT2D eigenvalue weighted by Crippen LogP contribution is -2.51. The van der Waals surface area contributed by atoms with Crippen LogP contribution in [0.2, 0.25) is 0 Å². The van der Waals surface area contributed by atoms with Gasteiger partial charge in [-0.15, -0.1) is 0 Å². The highest BCUT2D eigenvalue weighted by atomic mass is 32.2. The van der Waals surface area contributed by atoms with Gasteiger partial charge in [-0.1, -0.05) is 19.3 Å². The fourth-order valence-corrected chi connectivity index (χ4v) is 3.10. The molecule has 1 aromatic rings. The summed E-state index contributed by atoms with van der Waals surface area (Å²) in [4.78, 5) is 12.0. The van der Waals surface area contributed by atoms with E-state index in [4.69, 9.17) is 10.9 Å². The first-order valence-corrected chi connectivity index (χ1v) is 8.55. The van der Waals surface area contributed by atoms with Crippen LogP contribution in [0.1, 0.15) is 42.5 Å². The Morgan fingerprint density at radius 3 is 2.24 bits per heavy atom. The molecule has 2 rings (SSSR count). The predicted molar refractivity (Wildman–Crippen MR) is 80.2 cm³/mol. The highest BCUT2D eigenvalue weighted by molar-refractivity contribution is 7.89. The predicted octanol–water partition coefficient (Wildman–Crippen LogP) is 0.725. The normalized spacial score (nSPS) is 18.2. The molecular weight excluding hydrogens is 290 g/mol. The summed E-state index contributed by atoms with van der Waals surface area (Å²) in [5.41, 5.74) is 6.32. The quantitative estimate of drug-likeness (QED) is 0.760. The molecule has 1 aliphatic rings. The molecule has 1 aromatic carbocycles. The van der Waals surface area contributed by atoms with E-state index in [1.54, 1.807) is 0 Å². The molecule has 1 fully saturated rings. The lowest BCUT2D eigenvalue weighted by molar-refractivity contribution is 0.0937. The molecular formula is C14H21N3O3S. The summed E-state index contributed by atoms with van der Waals surface area (Å²) in [6, 6.07) is 5.53. The van der Waals surface area contributed by atoms with E-state index in [0.29, 0.717) is 12.1 Å². The van der Waals surface area contributed by atoms with Gasteiger partial charge in [0.1, 0.15) is 0 Å². The average Bonchev–Trinajstić information content (AvgIpc) is 2.45. The van der Waals surface area contributed by atoms with Crippen LogP contribution in [0.5, 0.6) is 0 Å². The number of nitrogens with two attached hydrogens (primary N) is 2. The third-order valence-corrected chi connectivity index (χ3v) is 4.82. The van der Waals surface area contributed by atoms with E-state index in [9.17, 15) is 13.2 Å². The Bertz CT molecular complexity index is 605. The lowest BCUT2D eigenvalue weighted by Gasteiger charge is -2.33.